The Balaban J connectivity index is 2.29. The molecule has 6 heteroatoms. The van der Waals surface area contributed by atoms with Crippen LogP contribution in [0.15, 0.2) is 18.2 Å². The molecule has 0 radical (unpaired) electrons. The number of aliphatic hydroxyl groups excluding tert-OH is 1. The van der Waals surface area contributed by atoms with E-state index in [0.717, 1.165) is 0 Å². The van der Waals surface area contributed by atoms with Crippen LogP contribution in [-0.2, 0) is 4.74 Å². The third-order valence-electron chi connectivity index (χ3n) is 2.93. The van der Waals surface area contributed by atoms with Crippen molar-refractivity contribution in [2.24, 2.45) is 0 Å². The van der Waals surface area contributed by atoms with E-state index < -0.39 is 5.97 Å². The van der Waals surface area contributed by atoms with Crippen LogP contribution in [0, 0.1) is 0 Å². The number of hydrogen-bond donors (Lipinski definition) is 3. The number of carboxylic acids is 1. The van der Waals surface area contributed by atoms with Crippen molar-refractivity contribution in [3.05, 3.63) is 23.8 Å². The fraction of sp³-hybridized carbons (Fsp3) is 0.417. The predicted octanol–water partition coefficient (Wildman–Crippen LogP) is 0.165. The van der Waals surface area contributed by atoms with Gasteiger partial charge in [0.2, 0.25) is 0 Å². The average Bonchev–Trinajstić information content (AvgIpc) is 2.38. The quantitative estimate of drug-likeness (QED) is 0.663. The number of nitrogens with zero attached hydrogens (tertiary/aromatic N) is 1. The second-order valence-corrected chi connectivity index (χ2v) is 4.20. The van der Waals surface area contributed by atoms with Crippen LogP contribution in [0.25, 0.3) is 0 Å². The maximum atomic E-state index is 11.2. The highest BCUT2D eigenvalue weighted by molar-refractivity contribution is 5.95. The molecule has 98 valence electrons. The summed E-state index contributed by atoms with van der Waals surface area (Å²) in [6.07, 6.45) is -0.280. The van der Waals surface area contributed by atoms with Gasteiger partial charge in [0.1, 0.15) is 0 Å². The summed E-state index contributed by atoms with van der Waals surface area (Å²) in [6.45, 7) is 1.46. The molecule has 1 atom stereocenters. The zero-order chi connectivity index (χ0) is 13.1. The third kappa shape index (κ3) is 2.55. The first-order valence-electron chi connectivity index (χ1n) is 5.72. The second kappa shape index (κ2) is 5.24. The SMILES string of the molecule is Nc1ccc(N2CCOC(CO)C2)c(C(=O)O)c1. The number of carbonyl (C=O) groups is 1. The topological polar surface area (TPSA) is 96.0 Å². The van der Waals surface area contributed by atoms with Crippen LogP contribution in [-0.4, -0.2) is 48.6 Å². The van der Waals surface area contributed by atoms with Crippen molar-refractivity contribution in [2.75, 3.05) is 36.9 Å². The van der Waals surface area contributed by atoms with Gasteiger partial charge in [0.05, 0.1) is 30.6 Å². The molecule has 0 bridgehead atoms. The number of nitrogens with two attached hydrogens (primary N) is 1. The molecular weight excluding hydrogens is 236 g/mol. The number of ether oxygens (including phenoxy) is 1. The van der Waals surface area contributed by atoms with Gasteiger partial charge in [-0.05, 0) is 18.2 Å². The number of hydrogen-bond acceptors (Lipinski definition) is 5. The van der Waals surface area contributed by atoms with E-state index in [0.29, 0.717) is 31.1 Å². The largest absolute Gasteiger partial charge is 0.478 e. The van der Waals surface area contributed by atoms with Crippen molar-refractivity contribution in [2.45, 2.75) is 6.10 Å². The lowest BCUT2D eigenvalue weighted by Crippen LogP contribution is -2.44. The van der Waals surface area contributed by atoms with E-state index in [4.69, 9.17) is 15.6 Å². The van der Waals surface area contributed by atoms with Gasteiger partial charge in [-0.3, -0.25) is 0 Å². The monoisotopic (exact) mass is 252 g/mol. The molecule has 1 aliphatic heterocycles. The summed E-state index contributed by atoms with van der Waals surface area (Å²) in [5, 5.41) is 18.3. The number of benzene rings is 1. The highest BCUT2D eigenvalue weighted by Crippen LogP contribution is 2.25. The van der Waals surface area contributed by atoms with Gasteiger partial charge in [0, 0.05) is 18.8 Å². The van der Waals surface area contributed by atoms with Gasteiger partial charge in [-0.25, -0.2) is 4.79 Å². The van der Waals surface area contributed by atoms with Gasteiger partial charge in [0.25, 0.3) is 0 Å². The summed E-state index contributed by atoms with van der Waals surface area (Å²) in [6, 6.07) is 4.81. The van der Waals surface area contributed by atoms with E-state index in [2.05, 4.69) is 0 Å². The summed E-state index contributed by atoms with van der Waals surface area (Å²) >= 11 is 0. The lowest BCUT2D eigenvalue weighted by atomic mass is 10.1. The molecule has 0 aromatic heterocycles. The Hall–Kier alpha value is -1.79. The minimum atomic E-state index is -1.01. The Morgan fingerprint density at radius 2 is 2.33 bits per heavy atom. The van der Waals surface area contributed by atoms with Crippen molar-refractivity contribution in [3.63, 3.8) is 0 Å². The number of morpholine rings is 1. The maximum Gasteiger partial charge on any atom is 0.337 e. The van der Waals surface area contributed by atoms with Gasteiger partial charge >= 0.3 is 5.97 Å². The van der Waals surface area contributed by atoms with Crippen LogP contribution in [0.5, 0.6) is 0 Å². The van der Waals surface area contributed by atoms with Gasteiger partial charge in [-0.1, -0.05) is 0 Å². The van der Waals surface area contributed by atoms with Crippen LogP contribution in [0.1, 0.15) is 10.4 Å². The highest BCUT2D eigenvalue weighted by Gasteiger charge is 2.23. The third-order valence-corrected chi connectivity index (χ3v) is 2.93. The van der Waals surface area contributed by atoms with Crippen LogP contribution in [0.2, 0.25) is 0 Å². The van der Waals surface area contributed by atoms with Crippen molar-refractivity contribution in [1.29, 1.82) is 0 Å². The standard InChI is InChI=1S/C12H16N2O4/c13-8-1-2-11(10(5-8)12(16)17)14-3-4-18-9(6-14)7-15/h1-2,5,9,15H,3-4,6-7,13H2,(H,16,17). The molecule has 0 spiro atoms. The molecule has 1 aromatic rings. The molecule has 18 heavy (non-hydrogen) atoms. The van der Waals surface area contributed by atoms with Gasteiger partial charge < -0.3 is 25.6 Å². The van der Waals surface area contributed by atoms with Gasteiger partial charge in [-0.15, -0.1) is 0 Å². The lowest BCUT2D eigenvalue weighted by Gasteiger charge is -2.34. The minimum Gasteiger partial charge on any atom is -0.478 e. The molecule has 1 heterocycles. The fourth-order valence-corrected chi connectivity index (χ4v) is 2.05. The van der Waals surface area contributed by atoms with E-state index in [-0.39, 0.29) is 18.3 Å². The minimum absolute atomic E-state index is 0.0755. The summed E-state index contributed by atoms with van der Waals surface area (Å²) < 4.78 is 5.34. The fourth-order valence-electron chi connectivity index (χ4n) is 2.05. The maximum absolute atomic E-state index is 11.2. The molecule has 1 unspecified atom stereocenters. The Bertz CT molecular complexity index is 450. The Labute approximate surface area is 105 Å². The number of aromatic carboxylic acids is 1. The zero-order valence-corrected chi connectivity index (χ0v) is 9.87. The number of anilines is 2. The second-order valence-electron chi connectivity index (χ2n) is 4.20. The molecular formula is C12H16N2O4. The van der Waals surface area contributed by atoms with E-state index in [1.807, 2.05) is 4.90 Å². The molecule has 0 amide bonds. The van der Waals surface area contributed by atoms with Gasteiger partial charge in [0.15, 0.2) is 0 Å². The normalized spacial score (nSPS) is 19.8. The molecule has 4 N–H and O–H groups in total. The van der Waals surface area contributed by atoms with Crippen molar-refractivity contribution < 1.29 is 19.7 Å². The van der Waals surface area contributed by atoms with Gasteiger partial charge in [-0.2, -0.15) is 0 Å². The molecule has 6 nitrogen and oxygen atoms in total. The van der Waals surface area contributed by atoms with E-state index in [1.165, 1.54) is 6.07 Å². The first-order valence-corrected chi connectivity index (χ1v) is 5.72. The number of nitrogen functional groups attached to an aromatic ring is 1. The number of carboxylic acid groups (broad SMARTS) is 1. The van der Waals surface area contributed by atoms with Crippen LogP contribution >= 0.6 is 0 Å². The van der Waals surface area contributed by atoms with Crippen LogP contribution in [0.3, 0.4) is 0 Å². The van der Waals surface area contributed by atoms with E-state index in [9.17, 15) is 9.90 Å². The molecule has 2 rings (SSSR count). The van der Waals surface area contributed by atoms with Crippen molar-refractivity contribution >= 4 is 17.3 Å². The number of rotatable bonds is 3. The molecule has 0 aliphatic carbocycles. The smallest absolute Gasteiger partial charge is 0.337 e. The van der Waals surface area contributed by atoms with Crippen LogP contribution < -0.4 is 10.6 Å². The summed E-state index contributed by atoms with van der Waals surface area (Å²) in [4.78, 5) is 13.1. The summed E-state index contributed by atoms with van der Waals surface area (Å²) in [7, 11) is 0. The molecule has 1 aliphatic rings. The first-order chi connectivity index (χ1) is 8.61. The molecule has 0 saturated carbocycles. The number of aliphatic hydroxyl groups is 1. The van der Waals surface area contributed by atoms with E-state index >= 15 is 0 Å². The molecule has 1 saturated heterocycles. The molecule has 1 fully saturated rings. The summed E-state index contributed by atoms with van der Waals surface area (Å²) in [5.41, 5.74) is 6.81. The highest BCUT2D eigenvalue weighted by atomic mass is 16.5. The Morgan fingerprint density at radius 1 is 1.56 bits per heavy atom. The van der Waals surface area contributed by atoms with E-state index in [1.54, 1.807) is 12.1 Å². The van der Waals surface area contributed by atoms with Crippen molar-refractivity contribution in [3.8, 4) is 0 Å². The Kier molecular flexibility index (Phi) is 3.69. The average molecular weight is 252 g/mol. The first kappa shape index (κ1) is 12.7. The lowest BCUT2D eigenvalue weighted by molar-refractivity contribution is 0.00349. The van der Waals surface area contributed by atoms with Crippen molar-refractivity contribution in [1.82, 2.24) is 0 Å². The zero-order valence-electron chi connectivity index (χ0n) is 9.87. The van der Waals surface area contributed by atoms with Crippen LogP contribution in [0.4, 0.5) is 11.4 Å². The summed E-state index contributed by atoms with van der Waals surface area (Å²) in [5.74, 6) is -1.01. The molecule has 1 aromatic carbocycles. The predicted molar refractivity (Wildman–Crippen MR) is 66.9 cm³/mol. The Morgan fingerprint density at radius 3 is 3.00 bits per heavy atom.